The zero-order valence-electron chi connectivity index (χ0n) is 12.7. The zero-order valence-corrected chi connectivity index (χ0v) is 12.7. The van der Waals surface area contributed by atoms with Crippen molar-refractivity contribution in [1.29, 1.82) is 0 Å². The highest BCUT2D eigenvalue weighted by atomic mass is 19.2. The van der Waals surface area contributed by atoms with Crippen molar-refractivity contribution in [3.8, 4) is 0 Å². The highest BCUT2D eigenvalue weighted by molar-refractivity contribution is 5.46. The molecule has 1 aliphatic rings. The van der Waals surface area contributed by atoms with Crippen molar-refractivity contribution in [2.24, 2.45) is 7.05 Å². The van der Waals surface area contributed by atoms with E-state index in [4.69, 9.17) is 0 Å². The van der Waals surface area contributed by atoms with Crippen molar-refractivity contribution in [1.82, 2.24) is 14.5 Å². The van der Waals surface area contributed by atoms with E-state index in [1.165, 1.54) is 12.1 Å². The number of imidazole rings is 1. The molecule has 0 N–H and O–H groups in total. The molecular weight excluding hydrogens is 286 g/mol. The first-order chi connectivity index (χ1) is 10.6. The largest absolute Gasteiger partial charge is 0.370 e. The van der Waals surface area contributed by atoms with Crippen LogP contribution in [0.4, 0.5) is 14.5 Å². The van der Waals surface area contributed by atoms with Gasteiger partial charge in [0.1, 0.15) is 5.82 Å². The first-order valence-electron chi connectivity index (χ1n) is 7.52. The third-order valence-corrected chi connectivity index (χ3v) is 4.14. The van der Waals surface area contributed by atoms with Crippen LogP contribution in [0.25, 0.3) is 0 Å². The van der Waals surface area contributed by atoms with Crippen molar-refractivity contribution in [2.75, 3.05) is 31.1 Å². The molecule has 3 rings (SSSR count). The summed E-state index contributed by atoms with van der Waals surface area (Å²) in [7, 11) is 1.99. The summed E-state index contributed by atoms with van der Waals surface area (Å²) in [6, 6.07) is 4.12. The first-order valence-corrected chi connectivity index (χ1v) is 7.52. The van der Waals surface area contributed by atoms with Gasteiger partial charge < -0.3 is 9.47 Å². The normalized spacial score (nSPS) is 16.8. The maximum atomic E-state index is 13.4. The van der Waals surface area contributed by atoms with Gasteiger partial charge in [0.25, 0.3) is 0 Å². The van der Waals surface area contributed by atoms with E-state index in [-0.39, 0.29) is 0 Å². The van der Waals surface area contributed by atoms with Crippen LogP contribution in [0.5, 0.6) is 0 Å². The summed E-state index contributed by atoms with van der Waals surface area (Å²) in [5.41, 5.74) is 0.748. The second-order valence-electron chi connectivity index (χ2n) is 5.67. The summed E-state index contributed by atoms with van der Waals surface area (Å²) in [6.07, 6.45) is 4.74. The molecule has 0 radical (unpaired) electrons. The van der Waals surface area contributed by atoms with Crippen LogP contribution in [0.3, 0.4) is 0 Å². The van der Waals surface area contributed by atoms with Crippen LogP contribution in [0.2, 0.25) is 0 Å². The standard InChI is InChI=1S/C16H20F2N4/c1-20-8-5-19-16(20)12-21-6-2-7-22(10-9-21)13-3-4-14(17)15(18)11-13/h3-5,8,11H,2,6-7,9-10,12H2,1H3. The van der Waals surface area contributed by atoms with E-state index in [0.717, 1.165) is 50.7 Å². The lowest BCUT2D eigenvalue weighted by molar-refractivity contribution is 0.275. The third kappa shape index (κ3) is 3.27. The summed E-state index contributed by atoms with van der Waals surface area (Å²) >= 11 is 0. The molecule has 1 aliphatic heterocycles. The zero-order chi connectivity index (χ0) is 15.5. The number of nitrogens with zero attached hydrogens (tertiary/aromatic N) is 4. The molecule has 1 fully saturated rings. The molecule has 22 heavy (non-hydrogen) atoms. The average Bonchev–Trinajstić information content (AvgIpc) is 2.76. The van der Waals surface area contributed by atoms with E-state index in [0.29, 0.717) is 0 Å². The van der Waals surface area contributed by atoms with Crippen molar-refractivity contribution in [2.45, 2.75) is 13.0 Å². The second-order valence-corrected chi connectivity index (χ2v) is 5.67. The minimum atomic E-state index is -0.796. The highest BCUT2D eigenvalue weighted by Crippen LogP contribution is 2.20. The second kappa shape index (κ2) is 6.44. The molecule has 0 spiro atoms. The Morgan fingerprint density at radius 2 is 1.95 bits per heavy atom. The third-order valence-electron chi connectivity index (χ3n) is 4.14. The van der Waals surface area contributed by atoms with Crippen LogP contribution in [0, 0.1) is 11.6 Å². The molecule has 0 amide bonds. The molecule has 118 valence electrons. The highest BCUT2D eigenvalue weighted by Gasteiger charge is 2.17. The van der Waals surface area contributed by atoms with Crippen LogP contribution in [0.1, 0.15) is 12.2 Å². The Labute approximate surface area is 129 Å². The Balaban J connectivity index is 1.64. The number of rotatable bonds is 3. The molecule has 0 saturated carbocycles. The number of aryl methyl sites for hydroxylation is 1. The van der Waals surface area contributed by atoms with Crippen LogP contribution in [0.15, 0.2) is 30.6 Å². The van der Waals surface area contributed by atoms with Crippen LogP contribution in [-0.4, -0.2) is 40.6 Å². The fourth-order valence-electron chi connectivity index (χ4n) is 2.82. The van der Waals surface area contributed by atoms with E-state index >= 15 is 0 Å². The fraction of sp³-hybridized carbons (Fsp3) is 0.438. The lowest BCUT2D eigenvalue weighted by Gasteiger charge is -2.23. The predicted octanol–water partition coefficient (Wildman–Crippen LogP) is 2.41. The number of benzene rings is 1. The molecule has 0 atom stereocenters. The summed E-state index contributed by atoms with van der Waals surface area (Å²) in [6.45, 7) is 4.33. The van der Waals surface area contributed by atoms with Gasteiger partial charge in [0, 0.05) is 57.4 Å². The van der Waals surface area contributed by atoms with Crippen molar-refractivity contribution in [3.05, 3.63) is 48.1 Å². The lowest BCUT2D eigenvalue weighted by Crippen LogP contribution is -2.31. The summed E-state index contributed by atoms with van der Waals surface area (Å²) in [5, 5.41) is 0. The molecular formula is C16H20F2N4. The average molecular weight is 306 g/mol. The Bertz CT molecular complexity index is 641. The number of halogens is 2. The van der Waals surface area contributed by atoms with Crippen molar-refractivity contribution in [3.63, 3.8) is 0 Å². The maximum Gasteiger partial charge on any atom is 0.160 e. The van der Waals surface area contributed by atoms with Crippen LogP contribution < -0.4 is 4.90 Å². The Morgan fingerprint density at radius 1 is 1.09 bits per heavy atom. The van der Waals surface area contributed by atoms with E-state index in [1.54, 1.807) is 12.3 Å². The molecule has 2 heterocycles. The molecule has 6 heteroatoms. The van der Waals surface area contributed by atoms with E-state index in [9.17, 15) is 8.78 Å². The summed E-state index contributed by atoms with van der Waals surface area (Å²) < 4.78 is 28.5. The number of anilines is 1. The Morgan fingerprint density at radius 3 is 2.68 bits per heavy atom. The molecule has 0 bridgehead atoms. The molecule has 0 aliphatic carbocycles. The first kappa shape index (κ1) is 15.0. The Kier molecular flexibility index (Phi) is 4.38. The minimum absolute atomic E-state index is 0.748. The number of hydrogen-bond acceptors (Lipinski definition) is 3. The van der Waals surface area contributed by atoms with Gasteiger partial charge in [-0.15, -0.1) is 0 Å². The summed E-state index contributed by atoms with van der Waals surface area (Å²) in [4.78, 5) is 8.82. The number of aromatic nitrogens is 2. The van der Waals surface area contributed by atoms with E-state index < -0.39 is 11.6 Å². The van der Waals surface area contributed by atoms with Crippen LogP contribution in [-0.2, 0) is 13.6 Å². The summed E-state index contributed by atoms with van der Waals surface area (Å²) in [5.74, 6) is -0.539. The van der Waals surface area contributed by atoms with Crippen molar-refractivity contribution >= 4 is 5.69 Å². The van der Waals surface area contributed by atoms with Gasteiger partial charge in [-0.25, -0.2) is 13.8 Å². The van der Waals surface area contributed by atoms with Gasteiger partial charge in [0.05, 0.1) is 6.54 Å². The molecule has 4 nitrogen and oxygen atoms in total. The predicted molar refractivity (Wildman–Crippen MR) is 81.7 cm³/mol. The van der Waals surface area contributed by atoms with E-state index in [2.05, 4.69) is 14.8 Å². The lowest BCUT2D eigenvalue weighted by atomic mass is 10.2. The minimum Gasteiger partial charge on any atom is -0.370 e. The Hall–Kier alpha value is -1.95. The molecule has 1 saturated heterocycles. The molecule has 1 aromatic carbocycles. The van der Waals surface area contributed by atoms with Crippen LogP contribution >= 0.6 is 0 Å². The van der Waals surface area contributed by atoms with E-state index in [1.807, 2.05) is 17.8 Å². The molecule has 1 aromatic heterocycles. The smallest absolute Gasteiger partial charge is 0.160 e. The van der Waals surface area contributed by atoms with Gasteiger partial charge >= 0.3 is 0 Å². The SMILES string of the molecule is Cn1ccnc1CN1CCCN(c2ccc(F)c(F)c2)CC1. The van der Waals surface area contributed by atoms with Gasteiger partial charge in [-0.3, -0.25) is 4.90 Å². The van der Waals surface area contributed by atoms with Gasteiger partial charge in [-0.1, -0.05) is 0 Å². The van der Waals surface area contributed by atoms with Crippen molar-refractivity contribution < 1.29 is 8.78 Å². The number of hydrogen-bond donors (Lipinski definition) is 0. The molecule has 0 unspecified atom stereocenters. The maximum absolute atomic E-state index is 13.4. The van der Waals surface area contributed by atoms with Gasteiger partial charge in [-0.2, -0.15) is 0 Å². The monoisotopic (exact) mass is 306 g/mol. The van der Waals surface area contributed by atoms with Gasteiger partial charge in [0.15, 0.2) is 11.6 Å². The fourth-order valence-corrected chi connectivity index (χ4v) is 2.82. The molecule has 2 aromatic rings. The van der Waals surface area contributed by atoms with Gasteiger partial charge in [-0.05, 0) is 18.6 Å². The quantitative estimate of drug-likeness (QED) is 0.870. The van der Waals surface area contributed by atoms with Gasteiger partial charge in [0.2, 0.25) is 0 Å². The topological polar surface area (TPSA) is 24.3 Å².